The van der Waals surface area contributed by atoms with Crippen LogP contribution in [0.3, 0.4) is 0 Å². The Labute approximate surface area is 217 Å². The van der Waals surface area contributed by atoms with Crippen LogP contribution in [0.5, 0.6) is 5.75 Å². The molecule has 0 bridgehead atoms. The number of para-hydroxylation sites is 2. The van der Waals surface area contributed by atoms with Gasteiger partial charge >= 0.3 is 0 Å². The summed E-state index contributed by atoms with van der Waals surface area (Å²) in [5.41, 5.74) is 1.65. The van der Waals surface area contributed by atoms with Gasteiger partial charge in [-0.25, -0.2) is 18.7 Å². The van der Waals surface area contributed by atoms with E-state index in [4.69, 9.17) is 4.74 Å². The second kappa shape index (κ2) is 8.72. The van der Waals surface area contributed by atoms with Gasteiger partial charge in [0.15, 0.2) is 5.82 Å². The van der Waals surface area contributed by atoms with E-state index < -0.39 is 17.2 Å². The van der Waals surface area contributed by atoms with E-state index in [0.717, 1.165) is 17.7 Å². The molecule has 1 N–H and O–H groups in total. The topological polar surface area (TPSA) is 84.4 Å². The number of anilines is 1. The van der Waals surface area contributed by atoms with E-state index in [0.29, 0.717) is 34.0 Å². The summed E-state index contributed by atoms with van der Waals surface area (Å²) in [5.74, 6) is -1.60. The van der Waals surface area contributed by atoms with Crippen molar-refractivity contribution in [1.82, 2.24) is 15.3 Å². The van der Waals surface area contributed by atoms with Crippen LogP contribution in [0.25, 0.3) is 11.4 Å². The van der Waals surface area contributed by atoms with Gasteiger partial charge in [0, 0.05) is 19.0 Å². The van der Waals surface area contributed by atoms with Crippen molar-refractivity contribution in [2.24, 2.45) is 0 Å². The first-order valence-electron chi connectivity index (χ1n) is 12.0. The van der Waals surface area contributed by atoms with Gasteiger partial charge in [-0.1, -0.05) is 42.5 Å². The van der Waals surface area contributed by atoms with E-state index in [9.17, 15) is 18.4 Å². The van der Waals surface area contributed by atoms with Crippen molar-refractivity contribution in [2.75, 3.05) is 11.9 Å². The maximum atomic E-state index is 14.5. The first-order chi connectivity index (χ1) is 18.3. The summed E-state index contributed by atoms with van der Waals surface area (Å²) in [6, 6.07) is 18.1. The van der Waals surface area contributed by atoms with Crippen LogP contribution in [0, 0.1) is 11.6 Å². The predicted molar refractivity (Wildman–Crippen MR) is 136 cm³/mol. The number of carbonyl (C=O) groups excluding carboxylic acids is 2. The quantitative estimate of drug-likeness (QED) is 0.435. The Kier molecular flexibility index (Phi) is 5.45. The Bertz CT molecular complexity index is 1600. The van der Waals surface area contributed by atoms with Gasteiger partial charge in [-0.2, -0.15) is 0 Å². The van der Waals surface area contributed by atoms with Gasteiger partial charge in [0.05, 0.1) is 34.7 Å². The molecule has 1 atom stereocenters. The van der Waals surface area contributed by atoms with Crippen LogP contribution >= 0.6 is 0 Å². The van der Waals surface area contributed by atoms with E-state index in [-0.39, 0.29) is 36.2 Å². The fourth-order valence-corrected chi connectivity index (χ4v) is 4.98. The molecule has 0 unspecified atom stereocenters. The van der Waals surface area contributed by atoms with Crippen molar-refractivity contribution >= 4 is 17.5 Å². The van der Waals surface area contributed by atoms with E-state index in [1.165, 1.54) is 6.07 Å². The first kappa shape index (κ1) is 23.7. The number of fused-ring (bicyclic) bond motifs is 2. The maximum Gasteiger partial charge on any atom is 0.275 e. The molecule has 0 saturated carbocycles. The van der Waals surface area contributed by atoms with E-state index in [1.807, 2.05) is 36.4 Å². The fourth-order valence-electron chi connectivity index (χ4n) is 4.98. The van der Waals surface area contributed by atoms with E-state index in [1.54, 1.807) is 31.0 Å². The summed E-state index contributed by atoms with van der Waals surface area (Å²) in [7, 11) is 1.72. The number of halogens is 2. The highest BCUT2D eigenvalue weighted by molar-refractivity contribution is 6.02. The highest BCUT2D eigenvalue weighted by atomic mass is 19.1. The molecule has 190 valence electrons. The fraction of sp³-hybridized carbons (Fsp3) is 0.172. The highest BCUT2D eigenvalue weighted by Gasteiger charge is 2.44. The molecular weight excluding hydrogens is 490 g/mol. The summed E-state index contributed by atoms with van der Waals surface area (Å²) in [6.45, 7) is 1.88. The number of rotatable bonds is 4. The van der Waals surface area contributed by atoms with Crippen LogP contribution in [0.2, 0.25) is 0 Å². The molecule has 3 heterocycles. The van der Waals surface area contributed by atoms with Gasteiger partial charge in [-0.05, 0) is 36.8 Å². The van der Waals surface area contributed by atoms with Crippen LogP contribution in [-0.2, 0) is 23.4 Å². The summed E-state index contributed by atoms with van der Waals surface area (Å²) >= 11 is 0. The zero-order valence-corrected chi connectivity index (χ0v) is 20.6. The molecule has 2 amide bonds. The molecule has 0 saturated heterocycles. The third kappa shape index (κ3) is 3.70. The van der Waals surface area contributed by atoms with Crippen LogP contribution < -0.4 is 15.0 Å². The SMILES string of the molecule is CN1C(=O)[C@](C)(c2ccc(Cc3nc(-c4c(F)cccc4F)nc4c3C(=O)NC4)cc2)Oc2ccccc21. The number of hydrogen-bond donors (Lipinski definition) is 1. The van der Waals surface area contributed by atoms with Crippen molar-refractivity contribution in [3.05, 3.63) is 106 Å². The Hall–Kier alpha value is -4.66. The van der Waals surface area contributed by atoms with E-state index >= 15 is 0 Å². The van der Waals surface area contributed by atoms with Crippen LogP contribution in [0.1, 0.15) is 39.8 Å². The molecule has 0 radical (unpaired) electrons. The standard InChI is InChI=1S/C29H22F2N4O3/c1-29(28(37)35(2)22-8-3-4-9-23(22)38-29)17-12-10-16(11-13-17)14-20-25-21(15-32-27(25)36)34-26(33-20)24-18(30)6-5-7-19(24)31/h3-13H,14-15H2,1-2H3,(H,32,36)/t29-/m0/s1. The molecule has 0 aliphatic carbocycles. The Morgan fingerprint density at radius 1 is 0.947 bits per heavy atom. The van der Waals surface area contributed by atoms with Crippen molar-refractivity contribution in [2.45, 2.75) is 25.5 Å². The van der Waals surface area contributed by atoms with Crippen molar-refractivity contribution in [3.63, 3.8) is 0 Å². The van der Waals surface area contributed by atoms with Gasteiger partial charge in [0.1, 0.15) is 17.4 Å². The summed E-state index contributed by atoms with van der Waals surface area (Å²) < 4.78 is 35.1. The predicted octanol–water partition coefficient (Wildman–Crippen LogP) is 4.53. The molecule has 38 heavy (non-hydrogen) atoms. The molecule has 2 aliphatic rings. The molecule has 7 nitrogen and oxygen atoms in total. The Balaban J connectivity index is 1.35. The molecule has 6 rings (SSSR count). The minimum absolute atomic E-state index is 0.113. The van der Waals surface area contributed by atoms with E-state index in [2.05, 4.69) is 15.3 Å². The van der Waals surface area contributed by atoms with Gasteiger partial charge in [-0.3, -0.25) is 9.59 Å². The lowest BCUT2D eigenvalue weighted by atomic mass is 9.91. The molecule has 2 aliphatic heterocycles. The normalized spacial score (nSPS) is 18.1. The lowest BCUT2D eigenvalue weighted by Gasteiger charge is -2.39. The Morgan fingerprint density at radius 2 is 1.66 bits per heavy atom. The molecule has 0 spiro atoms. The lowest BCUT2D eigenvalue weighted by Crippen LogP contribution is -2.50. The highest BCUT2D eigenvalue weighted by Crippen LogP contribution is 2.41. The third-order valence-electron chi connectivity index (χ3n) is 7.02. The minimum Gasteiger partial charge on any atom is -0.471 e. The second-order valence-electron chi connectivity index (χ2n) is 9.44. The maximum absolute atomic E-state index is 14.5. The summed E-state index contributed by atoms with van der Waals surface area (Å²) in [5, 5.41) is 2.71. The Morgan fingerprint density at radius 3 is 2.39 bits per heavy atom. The summed E-state index contributed by atoms with van der Waals surface area (Å²) in [6.07, 6.45) is 0.218. The number of amides is 2. The largest absolute Gasteiger partial charge is 0.471 e. The zero-order valence-electron chi connectivity index (χ0n) is 20.6. The van der Waals surface area contributed by atoms with Crippen molar-refractivity contribution < 1.29 is 23.1 Å². The number of ether oxygens (including phenoxy) is 1. The van der Waals surface area contributed by atoms with Crippen LogP contribution in [0.15, 0.2) is 66.7 Å². The molecule has 0 fully saturated rings. The molecule has 4 aromatic rings. The number of benzene rings is 3. The van der Waals surface area contributed by atoms with Crippen molar-refractivity contribution in [3.8, 4) is 17.1 Å². The number of likely N-dealkylation sites (N-methyl/N-ethyl adjacent to an activating group) is 1. The lowest BCUT2D eigenvalue weighted by molar-refractivity contribution is -0.134. The number of nitrogens with zero attached hydrogens (tertiary/aromatic N) is 3. The number of aromatic nitrogens is 2. The monoisotopic (exact) mass is 512 g/mol. The summed E-state index contributed by atoms with van der Waals surface area (Å²) in [4.78, 5) is 36.1. The van der Waals surface area contributed by atoms with Crippen molar-refractivity contribution in [1.29, 1.82) is 0 Å². The number of hydrogen-bond acceptors (Lipinski definition) is 5. The average molecular weight is 513 g/mol. The zero-order chi connectivity index (χ0) is 26.6. The minimum atomic E-state index is -1.23. The van der Waals surface area contributed by atoms with Gasteiger partial charge < -0.3 is 15.0 Å². The number of nitrogens with one attached hydrogen (secondary N) is 1. The molecule has 1 aromatic heterocycles. The average Bonchev–Trinajstić information content (AvgIpc) is 3.28. The van der Waals surface area contributed by atoms with Gasteiger partial charge in [-0.15, -0.1) is 0 Å². The molecule has 3 aromatic carbocycles. The second-order valence-corrected chi connectivity index (χ2v) is 9.44. The van der Waals surface area contributed by atoms with Gasteiger partial charge in [0.25, 0.3) is 11.8 Å². The smallest absolute Gasteiger partial charge is 0.275 e. The molecular formula is C29H22F2N4O3. The van der Waals surface area contributed by atoms with Crippen LogP contribution in [0.4, 0.5) is 14.5 Å². The number of carbonyl (C=O) groups is 2. The van der Waals surface area contributed by atoms with Gasteiger partial charge in [0.2, 0.25) is 5.60 Å². The third-order valence-corrected chi connectivity index (χ3v) is 7.02. The molecule has 9 heteroatoms. The van der Waals surface area contributed by atoms with Crippen LogP contribution in [-0.4, -0.2) is 28.8 Å². The first-order valence-corrected chi connectivity index (χ1v) is 12.0.